The van der Waals surface area contributed by atoms with Gasteiger partial charge in [-0.2, -0.15) is 5.10 Å². The summed E-state index contributed by atoms with van der Waals surface area (Å²) in [7, 11) is 2.96. The third-order valence-electron chi connectivity index (χ3n) is 4.65. The van der Waals surface area contributed by atoms with Gasteiger partial charge in [0.05, 0.1) is 37.6 Å². The Labute approximate surface area is 206 Å². The minimum atomic E-state index is -0.626. The SMILES string of the molecule is COc1ccc(C(=O)NCC(=O)N/N=C\c2ccc(OC(=O)c3ccccc3Cl)c(OC)c2)cc1. The Kier molecular flexibility index (Phi) is 8.80. The van der Waals surface area contributed by atoms with Gasteiger partial charge >= 0.3 is 5.97 Å². The second kappa shape index (κ2) is 12.2. The molecule has 0 spiro atoms. The number of hydrazone groups is 1. The number of nitrogens with zero attached hydrogens (tertiary/aromatic N) is 1. The first kappa shape index (κ1) is 25.3. The molecule has 0 unspecified atom stereocenters. The Bertz CT molecular complexity index is 1240. The molecule has 0 aliphatic carbocycles. The molecule has 0 bridgehead atoms. The number of halogens is 1. The number of hydrogen-bond donors (Lipinski definition) is 2. The molecule has 0 heterocycles. The lowest BCUT2D eigenvalue weighted by molar-refractivity contribution is -0.120. The molecule has 0 fully saturated rings. The highest BCUT2D eigenvalue weighted by molar-refractivity contribution is 6.33. The van der Waals surface area contributed by atoms with Gasteiger partial charge in [-0.1, -0.05) is 23.7 Å². The van der Waals surface area contributed by atoms with E-state index < -0.39 is 17.8 Å². The minimum absolute atomic E-state index is 0.194. The molecule has 0 aliphatic heterocycles. The number of carbonyl (C=O) groups is 3. The highest BCUT2D eigenvalue weighted by atomic mass is 35.5. The van der Waals surface area contributed by atoms with Gasteiger partial charge < -0.3 is 19.5 Å². The second-order valence-corrected chi connectivity index (χ2v) is 7.39. The van der Waals surface area contributed by atoms with Crippen molar-refractivity contribution in [3.63, 3.8) is 0 Å². The summed E-state index contributed by atoms with van der Waals surface area (Å²) in [5, 5.41) is 6.64. The smallest absolute Gasteiger partial charge is 0.345 e. The Morgan fingerprint density at radius 1 is 0.943 bits per heavy atom. The first-order valence-corrected chi connectivity index (χ1v) is 10.7. The van der Waals surface area contributed by atoms with Crippen LogP contribution in [-0.2, 0) is 4.79 Å². The molecule has 9 nitrogen and oxygen atoms in total. The van der Waals surface area contributed by atoms with E-state index in [2.05, 4.69) is 15.8 Å². The van der Waals surface area contributed by atoms with E-state index in [1.165, 1.54) is 26.5 Å². The summed E-state index contributed by atoms with van der Waals surface area (Å²) >= 11 is 6.04. The lowest BCUT2D eigenvalue weighted by Gasteiger charge is -2.10. The van der Waals surface area contributed by atoms with Gasteiger partial charge in [-0.25, -0.2) is 10.2 Å². The molecule has 0 saturated heterocycles. The van der Waals surface area contributed by atoms with Crippen LogP contribution in [0.3, 0.4) is 0 Å². The Morgan fingerprint density at radius 2 is 1.69 bits per heavy atom. The van der Waals surface area contributed by atoms with E-state index in [1.807, 2.05) is 0 Å². The molecule has 0 radical (unpaired) electrons. The summed E-state index contributed by atoms with van der Waals surface area (Å²) in [4.78, 5) is 36.5. The molecular weight excluding hydrogens is 474 g/mol. The van der Waals surface area contributed by atoms with Gasteiger partial charge in [0.25, 0.3) is 11.8 Å². The third kappa shape index (κ3) is 7.05. The first-order chi connectivity index (χ1) is 16.9. The largest absolute Gasteiger partial charge is 0.497 e. The van der Waals surface area contributed by atoms with Gasteiger partial charge in [-0.05, 0) is 60.2 Å². The van der Waals surface area contributed by atoms with E-state index in [4.69, 9.17) is 25.8 Å². The Morgan fingerprint density at radius 3 is 2.37 bits per heavy atom. The Hall–Kier alpha value is -4.37. The van der Waals surface area contributed by atoms with Crippen molar-refractivity contribution >= 4 is 35.6 Å². The average molecular weight is 496 g/mol. The maximum atomic E-state index is 12.4. The van der Waals surface area contributed by atoms with Gasteiger partial charge in [-0.15, -0.1) is 0 Å². The quantitative estimate of drug-likeness (QED) is 0.203. The van der Waals surface area contributed by atoms with Gasteiger partial charge in [0.2, 0.25) is 0 Å². The molecule has 0 aliphatic rings. The molecule has 0 aromatic heterocycles. The maximum absolute atomic E-state index is 12.4. The zero-order chi connectivity index (χ0) is 25.2. The number of methoxy groups -OCH3 is 2. The number of hydrogen-bond acceptors (Lipinski definition) is 7. The van der Waals surface area contributed by atoms with Gasteiger partial charge in [0, 0.05) is 5.56 Å². The van der Waals surface area contributed by atoms with Crippen molar-refractivity contribution in [3.05, 3.63) is 88.4 Å². The van der Waals surface area contributed by atoms with Crippen LogP contribution in [0.5, 0.6) is 17.2 Å². The van der Waals surface area contributed by atoms with Crippen LogP contribution in [0.1, 0.15) is 26.3 Å². The van der Waals surface area contributed by atoms with Crippen LogP contribution in [0, 0.1) is 0 Å². The van der Waals surface area contributed by atoms with Crippen molar-refractivity contribution in [3.8, 4) is 17.2 Å². The van der Waals surface area contributed by atoms with E-state index >= 15 is 0 Å². The summed E-state index contributed by atoms with van der Waals surface area (Å²) in [6.45, 7) is -0.261. The first-order valence-electron chi connectivity index (χ1n) is 10.3. The zero-order valence-electron chi connectivity index (χ0n) is 18.9. The summed E-state index contributed by atoms with van der Waals surface area (Å²) in [6.07, 6.45) is 1.38. The molecule has 0 atom stereocenters. The zero-order valence-corrected chi connectivity index (χ0v) is 19.7. The molecule has 35 heavy (non-hydrogen) atoms. The molecule has 0 saturated carbocycles. The highest BCUT2D eigenvalue weighted by Crippen LogP contribution is 2.29. The number of rotatable bonds is 9. The van der Waals surface area contributed by atoms with Crippen molar-refractivity contribution in [1.82, 2.24) is 10.7 Å². The standard InChI is InChI=1S/C25H22ClN3O6/c1-33-18-10-8-17(9-11-18)24(31)27-15-23(30)29-28-14-16-7-12-21(22(13-16)34-2)35-25(32)19-5-3-4-6-20(19)26/h3-14H,15H2,1-2H3,(H,27,31)(H,29,30)/b28-14-. The maximum Gasteiger partial charge on any atom is 0.345 e. The van der Waals surface area contributed by atoms with Crippen LogP contribution < -0.4 is 25.0 Å². The normalized spacial score (nSPS) is 10.5. The van der Waals surface area contributed by atoms with Crippen LogP contribution in [0.4, 0.5) is 0 Å². The van der Waals surface area contributed by atoms with Gasteiger partial charge in [-0.3, -0.25) is 9.59 Å². The number of carbonyl (C=O) groups excluding carboxylic acids is 3. The van der Waals surface area contributed by atoms with Gasteiger partial charge in [0.15, 0.2) is 11.5 Å². The Balaban J connectivity index is 1.53. The fourth-order valence-corrected chi connectivity index (χ4v) is 3.07. The molecule has 3 aromatic carbocycles. The minimum Gasteiger partial charge on any atom is -0.497 e. The monoisotopic (exact) mass is 495 g/mol. The fraction of sp³-hybridized carbons (Fsp3) is 0.120. The van der Waals surface area contributed by atoms with Crippen molar-refractivity contribution in [2.45, 2.75) is 0 Å². The van der Waals surface area contributed by atoms with E-state index in [-0.39, 0.29) is 28.6 Å². The lowest BCUT2D eigenvalue weighted by atomic mass is 10.2. The fourth-order valence-electron chi connectivity index (χ4n) is 2.85. The van der Waals surface area contributed by atoms with Gasteiger partial charge in [0.1, 0.15) is 5.75 Å². The molecule has 180 valence electrons. The predicted molar refractivity (Wildman–Crippen MR) is 130 cm³/mol. The molecule has 3 rings (SSSR count). The summed E-state index contributed by atoms with van der Waals surface area (Å²) in [5.41, 5.74) is 3.51. The van der Waals surface area contributed by atoms with E-state index in [0.29, 0.717) is 16.9 Å². The van der Waals surface area contributed by atoms with E-state index in [0.717, 1.165) is 0 Å². The number of esters is 1. The topological polar surface area (TPSA) is 115 Å². The predicted octanol–water partition coefficient (Wildman–Crippen LogP) is 3.46. The third-order valence-corrected chi connectivity index (χ3v) is 4.98. The molecule has 3 aromatic rings. The van der Waals surface area contributed by atoms with Crippen molar-refractivity contribution in [2.75, 3.05) is 20.8 Å². The molecule has 2 N–H and O–H groups in total. The van der Waals surface area contributed by atoms with Crippen molar-refractivity contribution in [2.24, 2.45) is 5.10 Å². The lowest BCUT2D eigenvalue weighted by Crippen LogP contribution is -2.34. The number of benzene rings is 3. The summed E-state index contributed by atoms with van der Waals surface area (Å²) < 4.78 is 15.7. The van der Waals surface area contributed by atoms with Crippen LogP contribution in [-0.4, -0.2) is 44.8 Å². The number of amides is 2. The summed E-state index contributed by atoms with van der Waals surface area (Å²) in [6, 6.07) is 17.8. The summed E-state index contributed by atoms with van der Waals surface area (Å²) in [5.74, 6) is -0.442. The molecular formula is C25H22ClN3O6. The molecule has 10 heteroatoms. The number of ether oxygens (including phenoxy) is 3. The van der Waals surface area contributed by atoms with Crippen LogP contribution in [0.25, 0.3) is 0 Å². The van der Waals surface area contributed by atoms with E-state index in [1.54, 1.807) is 60.7 Å². The van der Waals surface area contributed by atoms with E-state index in [9.17, 15) is 14.4 Å². The second-order valence-electron chi connectivity index (χ2n) is 6.98. The number of nitrogens with one attached hydrogen (secondary N) is 2. The van der Waals surface area contributed by atoms with Crippen LogP contribution in [0.2, 0.25) is 5.02 Å². The van der Waals surface area contributed by atoms with Crippen LogP contribution in [0.15, 0.2) is 71.8 Å². The van der Waals surface area contributed by atoms with Crippen LogP contribution >= 0.6 is 11.6 Å². The van der Waals surface area contributed by atoms with Crippen molar-refractivity contribution < 1.29 is 28.6 Å². The molecule has 2 amide bonds. The average Bonchev–Trinajstić information content (AvgIpc) is 2.88. The van der Waals surface area contributed by atoms with Crippen molar-refractivity contribution in [1.29, 1.82) is 0 Å². The highest BCUT2D eigenvalue weighted by Gasteiger charge is 2.15.